The largest absolute Gasteiger partial charge is 0.391 e. The van der Waals surface area contributed by atoms with Crippen LogP contribution < -0.4 is 5.73 Å². The quantitative estimate of drug-likeness (QED) is 0.582. The van der Waals surface area contributed by atoms with Crippen molar-refractivity contribution in [3.05, 3.63) is 18.6 Å². The van der Waals surface area contributed by atoms with Gasteiger partial charge in [-0.15, -0.1) is 0 Å². The van der Waals surface area contributed by atoms with Crippen LogP contribution in [0.25, 0.3) is 11.0 Å². The fourth-order valence-electron chi connectivity index (χ4n) is 2.74. The molecule has 2 aromatic heterocycles. The highest BCUT2D eigenvalue weighted by molar-refractivity contribution is 5.86. The summed E-state index contributed by atoms with van der Waals surface area (Å²) in [6, 6.07) is 1.71. The van der Waals surface area contributed by atoms with Gasteiger partial charge >= 0.3 is 0 Å². The molecule has 1 fully saturated rings. The number of nitrogens with two attached hydrogens (primary N) is 1. The van der Waals surface area contributed by atoms with Crippen molar-refractivity contribution in [1.29, 1.82) is 0 Å². The first-order chi connectivity index (χ1) is 9.84. The molecule has 0 aliphatic carbocycles. The smallest absolute Gasteiger partial charge is 0.167 e. The molecule has 0 amide bonds. The van der Waals surface area contributed by atoms with Gasteiger partial charge in [0, 0.05) is 6.20 Å². The normalized spacial score (nSPS) is 34.4. The average molecular weight is 294 g/mol. The maximum absolute atomic E-state index is 10.6. The van der Waals surface area contributed by atoms with Gasteiger partial charge in [-0.1, -0.05) is 0 Å². The summed E-state index contributed by atoms with van der Waals surface area (Å²) in [5.41, 5.74) is 4.70. The molecule has 1 aliphatic heterocycles. The first-order valence-corrected chi connectivity index (χ1v) is 6.65. The van der Waals surface area contributed by atoms with E-state index in [1.807, 2.05) is 0 Å². The van der Waals surface area contributed by atoms with E-state index in [0.29, 0.717) is 16.9 Å². The van der Waals surface area contributed by atoms with Gasteiger partial charge in [0.25, 0.3) is 0 Å². The zero-order chi connectivity index (χ0) is 15.4. The molecular formula is C13H18N4O4. The minimum Gasteiger partial charge on any atom is -0.391 e. The number of aromatic nitrogens is 3. The molecule has 0 radical (unpaired) electrons. The van der Waals surface area contributed by atoms with Gasteiger partial charge in [-0.3, -0.25) is 0 Å². The topological polar surface area (TPSA) is 127 Å². The van der Waals surface area contributed by atoms with Crippen molar-refractivity contribution in [2.45, 2.75) is 44.0 Å². The van der Waals surface area contributed by atoms with Crippen LogP contribution >= 0.6 is 0 Å². The van der Waals surface area contributed by atoms with Gasteiger partial charge in [-0.2, -0.15) is 0 Å². The van der Waals surface area contributed by atoms with Crippen LogP contribution in [0.5, 0.6) is 0 Å². The summed E-state index contributed by atoms with van der Waals surface area (Å²) in [5.74, 6) is 0.323. The van der Waals surface area contributed by atoms with E-state index in [2.05, 4.69) is 9.97 Å². The van der Waals surface area contributed by atoms with Crippen LogP contribution in [0.4, 0.5) is 5.82 Å². The highest BCUT2D eigenvalue weighted by Crippen LogP contribution is 2.40. The number of hydrogen-bond donors (Lipinski definition) is 4. The number of aliphatic hydroxyl groups is 3. The van der Waals surface area contributed by atoms with Crippen molar-refractivity contribution in [3.63, 3.8) is 0 Å². The summed E-state index contributed by atoms with van der Waals surface area (Å²) in [7, 11) is 0. The summed E-state index contributed by atoms with van der Waals surface area (Å²) in [6.45, 7) is 2.96. The molecule has 8 heteroatoms. The second kappa shape index (κ2) is 4.63. The van der Waals surface area contributed by atoms with Crippen molar-refractivity contribution in [2.24, 2.45) is 0 Å². The van der Waals surface area contributed by atoms with Crippen LogP contribution in [-0.2, 0) is 4.74 Å². The summed E-state index contributed by atoms with van der Waals surface area (Å²) in [4.78, 5) is 8.05. The van der Waals surface area contributed by atoms with Gasteiger partial charge in [0.1, 0.15) is 35.6 Å². The minimum atomic E-state index is -1.58. The van der Waals surface area contributed by atoms with Crippen LogP contribution in [0.3, 0.4) is 0 Å². The standard InChI is InChI=1S/C13H18N4O4/c1-6(18)8-9(19)13(2,20)12(21-8)17-4-3-7-10(14)15-5-16-11(7)17/h3-6,8-9,12,18-20H,1-2H3,(H2,14,15,16)/t6-,8?,9-,12-,13-/m1/s1. The first kappa shape index (κ1) is 14.2. The average Bonchev–Trinajstić information content (AvgIpc) is 2.92. The molecule has 0 bridgehead atoms. The Bertz CT molecular complexity index is 669. The molecule has 0 aromatic carbocycles. The summed E-state index contributed by atoms with van der Waals surface area (Å²) < 4.78 is 7.24. The van der Waals surface area contributed by atoms with Crippen molar-refractivity contribution in [2.75, 3.05) is 5.73 Å². The predicted molar refractivity (Wildman–Crippen MR) is 74.2 cm³/mol. The van der Waals surface area contributed by atoms with Crippen molar-refractivity contribution in [1.82, 2.24) is 14.5 Å². The summed E-state index contributed by atoms with van der Waals surface area (Å²) in [6.07, 6.45) is -0.940. The van der Waals surface area contributed by atoms with Gasteiger partial charge in [0.2, 0.25) is 0 Å². The Morgan fingerprint density at radius 2 is 2.19 bits per heavy atom. The van der Waals surface area contributed by atoms with Gasteiger partial charge in [0.15, 0.2) is 6.23 Å². The van der Waals surface area contributed by atoms with Crippen LogP contribution in [0.2, 0.25) is 0 Å². The van der Waals surface area contributed by atoms with Gasteiger partial charge < -0.3 is 30.4 Å². The SMILES string of the molecule is C[C@@H](O)C1O[C@@H](n2ccc3c(N)ncnc32)[C@](C)(O)[C@@H]1O. The first-order valence-electron chi connectivity index (χ1n) is 6.65. The van der Waals surface area contributed by atoms with E-state index in [9.17, 15) is 15.3 Å². The van der Waals surface area contributed by atoms with Gasteiger partial charge in [0.05, 0.1) is 11.5 Å². The predicted octanol–water partition coefficient (Wildman–Crippen LogP) is -0.596. The summed E-state index contributed by atoms with van der Waals surface area (Å²) >= 11 is 0. The van der Waals surface area contributed by atoms with Crippen LogP contribution in [-0.4, -0.2) is 53.8 Å². The highest BCUT2D eigenvalue weighted by atomic mass is 16.6. The maximum Gasteiger partial charge on any atom is 0.167 e. The maximum atomic E-state index is 10.6. The Kier molecular flexibility index (Phi) is 3.14. The van der Waals surface area contributed by atoms with Crippen LogP contribution in [0.1, 0.15) is 20.1 Å². The molecule has 0 spiro atoms. The Morgan fingerprint density at radius 1 is 1.48 bits per heavy atom. The van der Waals surface area contributed by atoms with E-state index in [1.165, 1.54) is 20.2 Å². The molecule has 3 heterocycles. The van der Waals surface area contributed by atoms with Gasteiger partial charge in [-0.05, 0) is 19.9 Å². The lowest BCUT2D eigenvalue weighted by molar-refractivity contribution is -0.0985. The fourth-order valence-corrected chi connectivity index (χ4v) is 2.74. The molecule has 8 nitrogen and oxygen atoms in total. The van der Waals surface area contributed by atoms with E-state index >= 15 is 0 Å². The zero-order valence-electron chi connectivity index (χ0n) is 11.7. The molecular weight excluding hydrogens is 276 g/mol. The number of nitrogen functional groups attached to an aromatic ring is 1. The third-order valence-electron chi connectivity index (χ3n) is 3.96. The molecule has 5 N–H and O–H groups in total. The Hall–Kier alpha value is -1.74. The van der Waals surface area contributed by atoms with Crippen LogP contribution in [0, 0.1) is 0 Å². The molecule has 5 atom stereocenters. The molecule has 2 aromatic rings. The zero-order valence-corrected chi connectivity index (χ0v) is 11.7. The Morgan fingerprint density at radius 3 is 2.81 bits per heavy atom. The fraction of sp³-hybridized carbons (Fsp3) is 0.538. The number of aliphatic hydroxyl groups excluding tert-OH is 2. The van der Waals surface area contributed by atoms with Gasteiger partial charge in [-0.25, -0.2) is 9.97 Å². The lowest BCUT2D eigenvalue weighted by Crippen LogP contribution is -2.45. The lowest BCUT2D eigenvalue weighted by atomic mass is 9.94. The van der Waals surface area contributed by atoms with E-state index in [-0.39, 0.29) is 0 Å². The number of nitrogens with zero attached hydrogens (tertiary/aromatic N) is 3. The number of ether oxygens (including phenoxy) is 1. The lowest BCUT2D eigenvalue weighted by Gasteiger charge is -2.27. The van der Waals surface area contributed by atoms with Crippen molar-refractivity contribution >= 4 is 16.9 Å². The monoisotopic (exact) mass is 294 g/mol. The number of rotatable bonds is 2. The molecule has 3 rings (SSSR count). The van der Waals surface area contributed by atoms with Crippen molar-refractivity contribution in [3.8, 4) is 0 Å². The van der Waals surface area contributed by atoms with E-state index < -0.39 is 30.1 Å². The third kappa shape index (κ3) is 1.99. The number of hydrogen-bond acceptors (Lipinski definition) is 7. The van der Waals surface area contributed by atoms with E-state index in [4.69, 9.17) is 10.5 Å². The molecule has 0 saturated carbocycles. The Labute approximate surface area is 120 Å². The van der Waals surface area contributed by atoms with Crippen molar-refractivity contribution < 1.29 is 20.1 Å². The number of fused-ring (bicyclic) bond motifs is 1. The van der Waals surface area contributed by atoms with Crippen LogP contribution in [0.15, 0.2) is 18.6 Å². The van der Waals surface area contributed by atoms with E-state index in [1.54, 1.807) is 16.8 Å². The summed E-state index contributed by atoms with van der Waals surface area (Å²) in [5, 5.41) is 31.0. The minimum absolute atomic E-state index is 0.323. The molecule has 114 valence electrons. The molecule has 21 heavy (non-hydrogen) atoms. The third-order valence-corrected chi connectivity index (χ3v) is 3.96. The second-order valence-electron chi connectivity index (χ2n) is 5.58. The molecule has 1 saturated heterocycles. The molecule has 1 unspecified atom stereocenters. The molecule has 1 aliphatic rings. The van der Waals surface area contributed by atoms with E-state index in [0.717, 1.165) is 0 Å². The Balaban J connectivity index is 2.08. The highest BCUT2D eigenvalue weighted by Gasteiger charge is 2.54. The second-order valence-corrected chi connectivity index (χ2v) is 5.58. The number of anilines is 1.